The fraction of sp³-hybridized carbons (Fsp3) is 0.560. The summed E-state index contributed by atoms with van der Waals surface area (Å²) < 4.78 is 5.68. The molecule has 2 N–H and O–H groups in total. The number of aliphatic hydroxyl groups excluding tert-OH is 1. The number of hydrogen-bond acceptors (Lipinski definition) is 5. The van der Waals surface area contributed by atoms with Crippen molar-refractivity contribution in [2.24, 2.45) is 5.92 Å². The molecular formula is C25H34N2O5. The minimum Gasteiger partial charge on any atom is -0.456 e. The van der Waals surface area contributed by atoms with Gasteiger partial charge in [0, 0.05) is 19.4 Å². The van der Waals surface area contributed by atoms with E-state index in [9.17, 15) is 19.5 Å². The molecule has 0 unspecified atom stereocenters. The second-order valence-corrected chi connectivity index (χ2v) is 8.55. The maximum atomic E-state index is 13.0. The molecule has 32 heavy (non-hydrogen) atoms. The van der Waals surface area contributed by atoms with E-state index in [2.05, 4.69) is 5.32 Å². The molecule has 0 saturated carbocycles. The van der Waals surface area contributed by atoms with Gasteiger partial charge in [-0.05, 0) is 44.1 Å². The normalized spacial score (nSPS) is 25.7. The molecule has 7 heteroatoms. The zero-order valence-electron chi connectivity index (χ0n) is 18.6. The fourth-order valence-electron chi connectivity index (χ4n) is 4.33. The van der Waals surface area contributed by atoms with Crippen LogP contribution in [0.2, 0.25) is 0 Å². The number of rotatable bonds is 4. The van der Waals surface area contributed by atoms with Gasteiger partial charge in [0.25, 0.3) is 0 Å². The van der Waals surface area contributed by atoms with E-state index in [0.29, 0.717) is 19.4 Å². The molecule has 2 aliphatic heterocycles. The largest absolute Gasteiger partial charge is 0.456 e. The Hall–Kier alpha value is -2.67. The van der Waals surface area contributed by atoms with Crippen molar-refractivity contribution in [3.63, 3.8) is 0 Å². The van der Waals surface area contributed by atoms with Crippen molar-refractivity contribution < 1.29 is 24.2 Å². The number of esters is 1. The first-order valence-corrected chi connectivity index (χ1v) is 11.7. The first-order chi connectivity index (χ1) is 15.6. The maximum absolute atomic E-state index is 13.0. The lowest BCUT2D eigenvalue weighted by Gasteiger charge is -2.26. The third kappa shape index (κ3) is 6.92. The zero-order valence-corrected chi connectivity index (χ0v) is 18.6. The van der Waals surface area contributed by atoms with Gasteiger partial charge in [-0.25, -0.2) is 0 Å². The third-order valence-electron chi connectivity index (χ3n) is 6.20. The number of hydrogen-bond donors (Lipinski definition) is 2. The van der Waals surface area contributed by atoms with Gasteiger partial charge < -0.3 is 20.1 Å². The minimum absolute atomic E-state index is 0.0490. The van der Waals surface area contributed by atoms with Crippen LogP contribution in [0.4, 0.5) is 0 Å². The summed E-state index contributed by atoms with van der Waals surface area (Å²) in [5.74, 6) is -1.10. The SMILES string of the molecule is O=C1CCCCC=CC[C@H](CC(=O)N2CCC[C@H]2CO)C(=O)NC[C@H](c2ccccc2)O1. The Morgan fingerprint density at radius 2 is 1.94 bits per heavy atom. The standard InChI is InChI=1S/C25H34N2O5/c28-18-21-13-9-15-27(21)23(29)16-20-12-5-2-1-3-8-14-24(30)32-22(17-26-25(20)31)19-10-6-4-7-11-19/h2,4-7,10-11,20-22,28H,1,3,8-9,12-18H2,(H,26,31)/t20-,21+,22-/m1/s1. The number of likely N-dealkylation sites (tertiary alicyclic amines) is 1. The predicted octanol–water partition coefficient (Wildman–Crippen LogP) is 2.90. The van der Waals surface area contributed by atoms with E-state index in [4.69, 9.17) is 4.74 Å². The molecule has 2 aliphatic rings. The van der Waals surface area contributed by atoms with Crippen LogP contribution in [0.5, 0.6) is 0 Å². The van der Waals surface area contributed by atoms with Crippen molar-refractivity contribution >= 4 is 17.8 Å². The first-order valence-electron chi connectivity index (χ1n) is 11.7. The van der Waals surface area contributed by atoms with Gasteiger partial charge >= 0.3 is 5.97 Å². The number of cyclic esters (lactones) is 1. The average Bonchev–Trinajstić information content (AvgIpc) is 3.29. The third-order valence-corrected chi connectivity index (χ3v) is 6.20. The van der Waals surface area contributed by atoms with Gasteiger partial charge in [0.15, 0.2) is 0 Å². The Bertz CT molecular complexity index is 795. The number of nitrogens with zero attached hydrogens (tertiary/aromatic N) is 1. The summed E-state index contributed by atoms with van der Waals surface area (Å²) in [5.41, 5.74) is 0.823. The van der Waals surface area contributed by atoms with Crippen LogP contribution in [0.15, 0.2) is 42.5 Å². The quantitative estimate of drug-likeness (QED) is 0.552. The molecule has 7 nitrogen and oxygen atoms in total. The molecule has 1 saturated heterocycles. The van der Waals surface area contributed by atoms with Crippen molar-refractivity contribution in [1.82, 2.24) is 10.2 Å². The highest BCUT2D eigenvalue weighted by atomic mass is 16.5. The lowest BCUT2D eigenvalue weighted by molar-refractivity contribution is -0.150. The van der Waals surface area contributed by atoms with Crippen LogP contribution in [0.3, 0.4) is 0 Å². The van der Waals surface area contributed by atoms with Crippen LogP contribution in [-0.2, 0) is 19.1 Å². The van der Waals surface area contributed by atoms with E-state index in [0.717, 1.165) is 37.7 Å². The van der Waals surface area contributed by atoms with E-state index in [1.54, 1.807) is 4.90 Å². The van der Waals surface area contributed by atoms with Crippen LogP contribution < -0.4 is 5.32 Å². The van der Waals surface area contributed by atoms with E-state index >= 15 is 0 Å². The summed E-state index contributed by atoms with van der Waals surface area (Å²) in [6, 6.07) is 9.23. The van der Waals surface area contributed by atoms with Crippen molar-refractivity contribution in [1.29, 1.82) is 0 Å². The fourth-order valence-corrected chi connectivity index (χ4v) is 4.33. The highest BCUT2D eigenvalue weighted by molar-refractivity contribution is 5.86. The first kappa shape index (κ1) is 24.0. The van der Waals surface area contributed by atoms with Crippen LogP contribution >= 0.6 is 0 Å². The molecule has 0 aromatic heterocycles. The van der Waals surface area contributed by atoms with Gasteiger partial charge in [-0.2, -0.15) is 0 Å². The molecule has 3 atom stereocenters. The molecule has 174 valence electrons. The number of carbonyl (C=O) groups excluding carboxylic acids is 3. The lowest BCUT2D eigenvalue weighted by Crippen LogP contribution is -2.41. The summed E-state index contributed by atoms with van der Waals surface area (Å²) in [6.07, 6.45) is 8.43. The monoisotopic (exact) mass is 442 g/mol. The second-order valence-electron chi connectivity index (χ2n) is 8.55. The molecule has 0 bridgehead atoms. The summed E-state index contributed by atoms with van der Waals surface area (Å²) in [7, 11) is 0. The summed E-state index contributed by atoms with van der Waals surface area (Å²) in [6.45, 7) is 0.735. The van der Waals surface area contributed by atoms with Gasteiger partial charge in [0.2, 0.25) is 11.8 Å². The maximum Gasteiger partial charge on any atom is 0.306 e. The van der Waals surface area contributed by atoms with Crippen LogP contribution in [0, 0.1) is 5.92 Å². The molecule has 1 aromatic rings. The van der Waals surface area contributed by atoms with Crippen LogP contribution in [0.1, 0.15) is 63.0 Å². The van der Waals surface area contributed by atoms with E-state index in [-0.39, 0.29) is 43.4 Å². The molecule has 3 rings (SSSR count). The smallest absolute Gasteiger partial charge is 0.306 e. The van der Waals surface area contributed by atoms with Crippen LogP contribution in [-0.4, -0.2) is 53.5 Å². The average molecular weight is 443 g/mol. The number of ether oxygens (including phenoxy) is 1. The van der Waals surface area contributed by atoms with E-state index in [1.807, 2.05) is 42.5 Å². The van der Waals surface area contributed by atoms with E-state index < -0.39 is 12.0 Å². The molecule has 1 aromatic carbocycles. The molecular weight excluding hydrogens is 408 g/mol. The number of allylic oxidation sites excluding steroid dienone is 2. The highest BCUT2D eigenvalue weighted by Gasteiger charge is 2.31. The van der Waals surface area contributed by atoms with Crippen molar-refractivity contribution in [2.45, 2.75) is 63.5 Å². The van der Waals surface area contributed by atoms with Gasteiger partial charge in [0.05, 0.1) is 25.1 Å². The summed E-state index contributed by atoms with van der Waals surface area (Å²) in [5, 5.41) is 12.4. The number of aliphatic hydroxyl groups is 1. The number of amides is 2. The predicted molar refractivity (Wildman–Crippen MR) is 120 cm³/mol. The highest BCUT2D eigenvalue weighted by Crippen LogP contribution is 2.22. The Morgan fingerprint density at radius 3 is 2.72 bits per heavy atom. The molecule has 0 aliphatic carbocycles. The molecule has 0 spiro atoms. The lowest BCUT2D eigenvalue weighted by atomic mass is 9.98. The second kappa shape index (κ2) is 12.4. The Kier molecular flexibility index (Phi) is 9.28. The Morgan fingerprint density at radius 1 is 1.12 bits per heavy atom. The number of nitrogens with one attached hydrogen (secondary N) is 1. The molecule has 2 amide bonds. The summed E-state index contributed by atoms with van der Waals surface area (Å²) in [4.78, 5) is 39.9. The van der Waals surface area contributed by atoms with Gasteiger partial charge in [0.1, 0.15) is 6.10 Å². The zero-order chi connectivity index (χ0) is 22.8. The van der Waals surface area contributed by atoms with Crippen molar-refractivity contribution in [2.75, 3.05) is 19.7 Å². The topological polar surface area (TPSA) is 95.9 Å². The van der Waals surface area contributed by atoms with Gasteiger partial charge in [-0.3, -0.25) is 14.4 Å². The van der Waals surface area contributed by atoms with Crippen LogP contribution in [0.25, 0.3) is 0 Å². The van der Waals surface area contributed by atoms with Crippen molar-refractivity contribution in [3.8, 4) is 0 Å². The number of benzene rings is 1. The van der Waals surface area contributed by atoms with Gasteiger partial charge in [-0.1, -0.05) is 42.5 Å². The van der Waals surface area contributed by atoms with Crippen molar-refractivity contribution in [3.05, 3.63) is 48.0 Å². The summed E-state index contributed by atoms with van der Waals surface area (Å²) >= 11 is 0. The minimum atomic E-state index is -0.570. The molecule has 2 heterocycles. The van der Waals surface area contributed by atoms with E-state index in [1.165, 1.54) is 0 Å². The Labute approximate surface area is 189 Å². The molecule has 0 radical (unpaired) electrons. The molecule has 1 fully saturated rings. The van der Waals surface area contributed by atoms with Gasteiger partial charge in [-0.15, -0.1) is 0 Å². The Balaban J connectivity index is 1.71. The number of carbonyl (C=O) groups is 3.